The van der Waals surface area contributed by atoms with E-state index in [4.69, 9.17) is 0 Å². The van der Waals surface area contributed by atoms with Crippen molar-refractivity contribution in [3.05, 3.63) is 22.5 Å². The van der Waals surface area contributed by atoms with E-state index in [9.17, 15) is 0 Å². The smallest absolute Gasteiger partial charge is 0.127 e. The molecular weight excluding hydrogens is 242 g/mol. The van der Waals surface area contributed by atoms with Crippen molar-refractivity contribution in [2.24, 2.45) is 0 Å². The standard InChI is InChI=1S/C14H21N3S/c1-6-15-10(4)8(2)13-12-9(3)11(5)18-14(12)17-7-16-13/h7-8,10,15H,6H2,1-5H3. The summed E-state index contributed by atoms with van der Waals surface area (Å²) in [6.45, 7) is 11.9. The predicted octanol–water partition coefficient (Wildman–Crippen LogP) is 3.41. The van der Waals surface area contributed by atoms with Gasteiger partial charge in [-0.15, -0.1) is 11.3 Å². The number of likely N-dealkylation sites (N-methyl/N-ethyl adjacent to an activating group) is 1. The molecule has 0 aliphatic heterocycles. The van der Waals surface area contributed by atoms with Crippen LogP contribution in [0.25, 0.3) is 10.2 Å². The minimum atomic E-state index is 0.392. The van der Waals surface area contributed by atoms with Gasteiger partial charge in [0.25, 0.3) is 0 Å². The third-order valence-electron chi connectivity index (χ3n) is 3.70. The molecule has 0 aromatic carbocycles. The Morgan fingerprint density at radius 1 is 1.28 bits per heavy atom. The Bertz CT molecular complexity index is 547. The van der Waals surface area contributed by atoms with Crippen LogP contribution in [0.1, 0.15) is 42.8 Å². The quantitative estimate of drug-likeness (QED) is 0.918. The zero-order valence-electron chi connectivity index (χ0n) is 11.7. The van der Waals surface area contributed by atoms with Crippen LogP contribution in [0.5, 0.6) is 0 Å². The third kappa shape index (κ3) is 2.27. The normalized spacial score (nSPS) is 14.9. The van der Waals surface area contributed by atoms with Crippen LogP contribution in [-0.4, -0.2) is 22.6 Å². The number of thiophene rings is 1. The van der Waals surface area contributed by atoms with Crippen LogP contribution in [0.3, 0.4) is 0 Å². The van der Waals surface area contributed by atoms with Gasteiger partial charge in [-0.25, -0.2) is 9.97 Å². The molecule has 0 radical (unpaired) electrons. The van der Waals surface area contributed by atoms with E-state index in [1.54, 1.807) is 17.7 Å². The van der Waals surface area contributed by atoms with Crippen molar-refractivity contribution in [2.75, 3.05) is 6.54 Å². The number of hydrogen-bond donors (Lipinski definition) is 1. The zero-order chi connectivity index (χ0) is 13.3. The highest BCUT2D eigenvalue weighted by Crippen LogP contribution is 2.33. The second kappa shape index (κ2) is 5.33. The number of fused-ring (bicyclic) bond motifs is 1. The first-order chi connectivity index (χ1) is 8.56. The Morgan fingerprint density at radius 2 is 2.00 bits per heavy atom. The molecule has 0 bridgehead atoms. The number of nitrogens with one attached hydrogen (secondary N) is 1. The molecule has 0 saturated heterocycles. The highest BCUT2D eigenvalue weighted by molar-refractivity contribution is 7.18. The highest BCUT2D eigenvalue weighted by Gasteiger charge is 2.20. The number of hydrogen-bond acceptors (Lipinski definition) is 4. The van der Waals surface area contributed by atoms with Crippen molar-refractivity contribution >= 4 is 21.6 Å². The van der Waals surface area contributed by atoms with Gasteiger partial charge in [0.05, 0.1) is 5.69 Å². The summed E-state index contributed by atoms with van der Waals surface area (Å²) in [5.41, 5.74) is 2.51. The van der Waals surface area contributed by atoms with Gasteiger partial charge in [-0.1, -0.05) is 13.8 Å². The average molecular weight is 263 g/mol. The summed E-state index contributed by atoms with van der Waals surface area (Å²) in [6.07, 6.45) is 1.70. The summed E-state index contributed by atoms with van der Waals surface area (Å²) in [5, 5.41) is 4.74. The van der Waals surface area contributed by atoms with Crippen LogP contribution in [0.4, 0.5) is 0 Å². The monoisotopic (exact) mass is 263 g/mol. The summed E-state index contributed by atoms with van der Waals surface area (Å²) in [4.78, 5) is 11.4. The first-order valence-corrected chi connectivity index (χ1v) is 7.31. The summed E-state index contributed by atoms with van der Waals surface area (Å²) in [5.74, 6) is 0.392. The molecule has 0 amide bonds. The molecule has 0 aliphatic rings. The maximum Gasteiger partial charge on any atom is 0.127 e. The average Bonchev–Trinajstić information content (AvgIpc) is 2.64. The molecule has 0 fully saturated rings. The van der Waals surface area contributed by atoms with Gasteiger partial charge in [0, 0.05) is 22.2 Å². The fourth-order valence-electron chi connectivity index (χ4n) is 2.29. The van der Waals surface area contributed by atoms with Crippen LogP contribution in [0.2, 0.25) is 0 Å². The van der Waals surface area contributed by atoms with Crippen LogP contribution >= 0.6 is 11.3 Å². The zero-order valence-corrected chi connectivity index (χ0v) is 12.6. The van der Waals surface area contributed by atoms with E-state index in [2.05, 4.69) is 49.9 Å². The second-order valence-electron chi connectivity index (χ2n) is 4.86. The lowest BCUT2D eigenvalue weighted by Gasteiger charge is -2.20. The van der Waals surface area contributed by atoms with Crippen LogP contribution in [-0.2, 0) is 0 Å². The Hall–Kier alpha value is -1.00. The number of rotatable bonds is 4. The lowest BCUT2D eigenvalue weighted by atomic mass is 9.96. The van der Waals surface area contributed by atoms with Crippen molar-refractivity contribution in [2.45, 2.75) is 46.6 Å². The van der Waals surface area contributed by atoms with Gasteiger partial charge < -0.3 is 5.32 Å². The van der Waals surface area contributed by atoms with Crippen molar-refractivity contribution in [3.63, 3.8) is 0 Å². The summed E-state index contributed by atoms with van der Waals surface area (Å²) in [7, 11) is 0. The van der Waals surface area contributed by atoms with Gasteiger partial charge in [0.1, 0.15) is 11.2 Å². The van der Waals surface area contributed by atoms with E-state index >= 15 is 0 Å². The summed E-state index contributed by atoms with van der Waals surface area (Å²) >= 11 is 1.76. The molecule has 2 rings (SSSR count). The maximum absolute atomic E-state index is 4.54. The Kier molecular flexibility index (Phi) is 3.97. The van der Waals surface area contributed by atoms with E-state index in [0.29, 0.717) is 12.0 Å². The van der Waals surface area contributed by atoms with Gasteiger partial charge in [0.2, 0.25) is 0 Å². The Morgan fingerprint density at radius 3 is 2.67 bits per heavy atom. The molecule has 2 atom stereocenters. The minimum Gasteiger partial charge on any atom is -0.314 e. The van der Waals surface area contributed by atoms with Gasteiger partial charge in [-0.2, -0.15) is 0 Å². The number of aryl methyl sites for hydroxylation is 2. The van der Waals surface area contributed by atoms with Crippen molar-refractivity contribution in [1.82, 2.24) is 15.3 Å². The third-order valence-corrected chi connectivity index (χ3v) is 4.82. The molecule has 2 unspecified atom stereocenters. The van der Waals surface area contributed by atoms with Gasteiger partial charge in [0.15, 0.2) is 0 Å². The molecule has 1 N–H and O–H groups in total. The molecule has 2 heterocycles. The lowest BCUT2D eigenvalue weighted by molar-refractivity contribution is 0.489. The SMILES string of the molecule is CCNC(C)C(C)c1ncnc2sc(C)c(C)c12. The molecule has 0 aliphatic carbocycles. The number of aromatic nitrogens is 2. The van der Waals surface area contributed by atoms with Crippen molar-refractivity contribution < 1.29 is 0 Å². The lowest BCUT2D eigenvalue weighted by Crippen LogP contribution is -2.31. The number of nitrogens with zero attached hydrogens (tertiary/aromatic N) is 2. The molecule has 2 aromatic rings. The van der Waals surface area contributed by atoms with Crippen molar-refractivity contribution in [1.29, 1.82) is 0 Å². The van der Waals surface area contributed by atoms with E-state index in [-0.39, 0.29) is 0 Å². The molecule has 18 heavy (non-hydrogen) atoms. The van der Waals surface area contributed by atoms with Gasteiger partial charge in [-0.3, -0.25) is 0 Å². The van der Waals surface area contributed by atoms with E-state index < -0.39 is 0 Å². The fraction of sp³-hybridized carbons (Fsp3) is 0.571. The van der Waals surface area contributed by atoms with Crippen LogP contribution in [0, 0.1) is 13.8 Å². The van der Waals surface area contributed by atoms with Crippen LogP contribution in [0.15, 0.2) is 6.33 Å². The Balaban J connectivity index is 2.50. The molecular formula is C14H21N3S. The van der Waals surface area contributed by atoms with E-state index in [0.717, 1.165) is 11.4 Å². The Labute approximate surface area is 113 Å². The molecule has 0 saturated carbocycles. The predicted molar refractivity (Wildman–Crippen MR) is 78.4 cm³/mol. The summed E-state index contributed by atoms with van der Waals surface area (Å²) < 4.78 is 0. The fourth-order valence-corrected chi connectivity index (χ4v) is 3.30. The van der Waals surface area contributed by atoms with Crippen molar-refractivity contribution in [3.8, 4) is 0 Å². The topological polar surface area (TPSA) is 37.8 Å². The largest absolute Gasteiger partial charge is 0.314 e. The van der Waals surface area contributed by atoms with E-state index in [1.165, 1.54) is 21.5 Å². The molecule has 98 valence electrons. The summed E-state index contributed by atoms with van der Waals surface area (Å²) in [6, 6.07) is 0.424. The molecule has 4 heteroatoms. The maximum atomic E-state index is 4.54. The van der Waals surface area contributed by atoms with E-state index in [1.807, 2.05) is 0 Å². The first kappa shape index (κ1) is 13.4. The van der Waals surface area contributed by atoms with Gasteiger partial charge in [-0.05, 0) is 32.9 Å². The molecule has 3 nitrogen and oxygen atoms in total. The second-order valence-corrected chi connectivity index (χ2v) is 6.06. The first-order valence-electron chi connectivity index (χ1n) is 6.50. The molecule has 2 aromatic heterocycles. The minimum absolute atomic E-state index is 0.392. The molecule has 0 spiro atoms. The van der Waals surface area contributed by atoms with Crippen LogP contribution < -0.4 is 5.32 Å². The van der Waals surface area contributed by atoms with Gasteiger partial charge >= 0.3 is 0 Å². The highest BCUT2D eigenvalue weighted by atomic mass is 32.1.